The van der Waals surface area contributed by atoms with Crippen molar-refractivity contribution < 1.29 is 37.0 Å². The zero-order valence-corrected chi connectivity index (χ0v) is 19.7. The minimum absolute atomic E-state index is 0.0126. The Morgan fingerprint density at radius 1 is 1.29 bits per heavy atom. The predicted molar refractivity (Wildman–Crippen MR) is 116 cm³/mol. The van der Waals surface area contributed by atoms with Gasteiger partial charge in [0, 0.05) is 18.0 Å². The molecule has 2 N–H and O–H groups in total. The van der Waals surface area contributed by atoms with Crippen LogP contribution in [0.5, 0.6) is 0 Å². The SMILES string of the molecule is CCC(C)NC(=O)c1nnc2n1CC1(CCN(Cc3ccco3)CC1)COC2.O=C(O)C(F)(F)F. The van der Waals surface area contributed by atoms with E-state index in [0.717, 1.165) is 57.0 Å². The Kier molecular flexibility index (Phi) is 8.54. The van der Waals surface area contributed by atoms with E-state index in [-0.39, 0.29) is 17.4 Å². The zero-order chi connectivity index (χ0) is 25.6. The Bertz CT molecular complexity index is 984. The third kappa shape index (κ3) is 7.04. The summed E-state index contributed by atoms with van der Waals surface area (Å²) in [5, 5.41) is 18.5. The van der Waals surface area contributed by atoms with Crippen LogP contribution in [0.4, 0.5) is 13.2 Å². The molecule has 2 aliphatic heterocycles. The average Bonchev–Trinajstić information content (AvgIpc) is 3.42. The van der Waals surface area contributed by atoms with Crippen molar-refractivity contribution >= 4 is 11.9 Å². The molecule has 0 saturated carbocycles. The van der Waals surface area contributed by atoms with Crippen molar-refractivity contribution in [3.8, 4) is 0 Å². The van der Waals surface area contributed by atoms with Crippen LogP contribution in [0.2, 0.25) is 0 Å². The standard InChI is InChI=1S/C20H29N5O3.C2HF3O2/c1-3-15(2)21-19(26)18-23-22-17-12-27-14-20(13-25(17)18)6-8-24(9-7-20)11-16-5-4-10-28-16;3-2(4,5)1(6)7/h4-5,10,15H,3,6-9,11-14H2,1-2H3,(H,21,26);(H,6,7). The zero-order valence-electron chi connectivity index (χ0n) is 19.7. The monoisotopic (exact) mass is 501 g/mol. The maximum Gasteiger partial charge on any atom is 0.490 e. The molecule has 1 spiro atoms. The lowest BCUT2D eigenvalue weighted by Crippen LogP contribution is -2.44. The van der Waals surface area contributed by atoms with E-state index >= 15 is 0 Å². The summed E-state index contributed by atoms with van der Waals surface area (Å²) in [7, 11) is 0. The topological polar surface area (TPSA) is 123 Å². The summed E-state index contributed by atoms with van der Waals surface area (Å²) in [6.45, 7) is 8.67. The van der Waals surface area contributed by atoms with E-state index in [0.29, 0.717) is 19.0 Å². The van der Waals surface area contributed by atoms with Gasteiger partial charge in [-0.25, -0.2) is 4.79 Å². The molecule has 4 rings (SSSR count). The maximum absolute atomic E-state index is 12.7. The van der Waals surface area contributed by atoms with E-state index in [2.05, 4.69) is 27.3 Å². The van der Waals surface area contributed by atoms with Gasteiger partial charge in [0.2, 0.25) is 5.82 Å². The molecule has 0 aromatic carbocycles. The number of carboxylic acid groups (broad SMARTS) is 1. The minimum Gasteiger partial charge on any atom is -0.475 e. The second kappa shape index (κ2) is 11.2. The quantitative estimate of drug-likeness (QED) is 0.641. The molecule has 35 heavy (non-hydrogen) atoms. The number of likely N-dealkylation sites (tertiary alicyclic amines) is 1. The number of hydrogen-bond acceptors (Lipinski definition) is 7. The summed E-state index contributed by atoms with van der Waals surface area (Å²) in [5.41, 5.74) is 0.0126. The number of fused-ring (bicyclic) bond motifs is 1. The molecule has 13 heteroatoms. The molecule has 0 radical (unpaired) electrons. The molecular weight excluding hydrogens is 471 g/mol. The van der Waals surface area contributed by atoms with Gasteiger partial charge in [-0.3, -0.25) is 9.69 Å². The number of amides is 1. The number of halogens is 3. The van der Waals surface area contributed by atoms with E-state index in [1.165, 1.54) is 0 Å². The first-order chi connectivity index (χ1) is 16.5. The highest BCUT2D eigenvalue weighted by Crippen LogP contribution is 2.36. The van der Waals surface area contributed by atoms with Crippen LogP contribution < -0.4 is 5.32 Å². The van der Waals surface area contributed by atoms with Gasteiger partial charge >= 0.3 is 12.1 Å². The van der Waals surface area contributed by atoms with Crippen LogP contribution in [0.1, 0.15) is 55.3 Å². The number of alkyl halides is 3. The Labute approximate surface area is 200 Å². The Morgan fingerprint density at radius 2 is 1.97 bits per heavy atom. The van der Waals surface area contributed by atoms with Crippen molar-refractivity contribution in [2.24, 2.45) is 5.41 Å². The first-order valence-electron chi connectivity index (χ1n) is 11.4. The third-order valence-corrected chi connectivity index (χ3v) is 6.27. The van der Waals surface area contributed by atoms with Crippen LogP contribution in [0.15, 0.2) is 22.8 Å². The summed E-state index contributed by atoms with van der Waals surface area (Å²) in [6.07, 6.45) is -0.458. The normalized spacial score (nSPS) is 18.7. The highest BCUT2D eigenvalue weighted by molar-refractivity contribution is 5.90. The number of rotatable bonds is 5. The van der Waals surface area contributed by atoms with E-state index in [1.807, 2.05) is 23.6 Å². The summed E-state index contributed by atoms with van der Waals surface area (Å²) in [5.74, 6) is -0.770. The van der Waals surface area contributed by atoms with Gasteiger partial charge in [0.05, 0.1) is 19.4 Å². The smallest absolute Gasteiger partial charge is 0.475 e. The van der Waals surface area contributed by atoms with Gasteiger partial charge in [-0.15, -0.1) is 10.2 Å². The van der Waals surface area contributed by atoms with Gasteiger partial charge in [-0.2, -0.15) is 13.2 Å². The van der Waals surface area contributed by atoms with Gasteiger partial charge in [-0.05, 0) is 51.4 Å². The number of ether oxygens (including phenoxy) is 1. The first kappa shape index (κ1) is 26.7. The number of carbonyl (C=O) groups excluding carboxylic acids is 1. The first-order valence-corrected chi connectivity index (χ1v) is 11.4. The molecule has 0 bridgehead atoms. The Hall–Kier alpha value is -2.93. The number of aromatic nitrogens is 3. The largest absolute Gasteiger partial charge is 0.490 e. The highest BCUT2D eigenvalue weighted by atomic mass is 19.4. The number of aliphatic carboxylic acids is 1. The van der Waals surface area contributed by atoms with Crippen LogP contribution in [0.3, 0.4) is 0 Å². The third-order valence-electron chi connectivity index (χ3n) is 6.27. The van der Waals surface area contributed by atoms with Gasteiger partial charge in [0.1, 0.15) is 12.4 Å². The number of nitrogens with zero attached hydrogens (tertiary/aromatic N) is 4. The lowest BCUT2D eigenvalue weighted by Gasteiger charge is -2.40. The maximum atomic E-state index is 12.7. The summed E-state index contributed by atoms with van der Waals surface area (Å²) in [4.78, 5) is 24.0. The molecule has 1 amide bonds. The second-order valence-electron chi connectivity index (χ2n) is 8.96. The molecule has 1 saturated heterocycles. The molecule has 1 fully saturated rings. The summed E-state index contributed by atoms with van der Waals surface area (Å²) >= 11 is 0. The van der Waals surface area contributed by atoms with E-state index in [9.17, 15) is 18.0 Å². The fourth-order valence-electron chi connectivity index (χ4n) is 4.02. The summed E-state index contributed by atoms with van der Waals surface area (Å²) < 4.78 is 45.2. The molecule has 0 aliphatic carbocycles. The average molecular weight is 502 g/mol. The number of carboxylic acids is 1. The van der Waals surface area contributed by atoms with Gasteiger partial charge < -0.3 is 24.1 Å². The molecule has 10 nitrogen and oxygen atoms in total. The van der Waals surface area contributed by atoms with Crippen molar-refractivity contribution in [3.05, 3.63) is 35.8 Å². The molecular formula is C22H30F3N5O5. The Balaban J connectivity index is 0.000000429. The van der Waals surface area contributed by atoms with Crippen molar-refractivity contribution in [2.75, 3.05) is 19.7 Å². The summed E-state index contributed by atoms with van der Waals surface area (Å²) in [6, 6.07) is 4.06. The molecule has 1 atom stereocenters. The van der Waals surface area contributed by atoms with Crippen LogP contribution in [-0.4, -0.2) is 68.6 Å². The van der Waals surface area contributed by atoms with Crippen LogP contribution >= 0.6 is 0 Å². The number of hydrogen-bond donors (Lipinski definition) is 2. The molecule has 2 aromatic heterocycles. The fraction of sp³-hybridized carbons (Fsp3) is 0.636. The molecule has 2 aromatic rings. The van der Waals surface area contributed by atoms with Gasteiger partial charge in [0.15, 0.2) is 5.82 Å². The van der Waals surface area contributed by atoms with Crippen LogP contribution in [-0.2, 0) is 29.2 Å². The molecule has 1 unspecified atom stereocenters. The number of furan rings is 1. The van der Waals surface area contributed by atoms with Crippen molar-refractivity contribution in [3.63, 3.8) is 0 Å². The number of carbonyl (C=O) groups is 2. The van der Waals surface area contributed by atoms with E-state index in [1.54, 1.807) is 6.26 Å². The fourth-order valence-corrected chi connectivity index (χ4v) is 4.02. The lowest BCUT2D eigenvalue weighted by atomic mass is 9.79. The van der Waals surface area contributed by atoms with E-state index < -0.39 is 12.1 Å². The predicted octanol–water partition coefficient (Wildman–Crippen LogP) is 2.85. The van der Waals surface area contributed by atoms with Crippen LogP contribution in [0, 0.1) is 5.41 Å². The van der Waals surface area contributed by atoms with Crippen LogP contribution in [0.25, 0.3) is 0 Å². The number of nitrogens with one attached hydrogen (secondary N) is 1. The highest BCUT2D eigenvalue weighted by Gasteiger charge is 2.39. The van der Waals surface area contributed by atoms with Crippen molar-refractivity contribution in [1.82, 2.24) is 25.0 Å². The number of piperidine rings is 1. The lowest BCUT2D eigenvalue weighted by molar-refractivity contribution is -0.192. The van der Waals surface area contributed by atoms with Crippen molar-refractivity contribution in [1.29, 1.82) is 0 Å². The molecule has 194 valence electrons. The molecule has 2 aliphatic rings. The minimum atomic E-state index is -5.08. The van der Waals surface area contributed by atoms with Gasteiger partial charge in [0.25, 0.3) is 5.91 Å². The van der Waals surface area contributed by atoms with Crippen molar-refractivity contribution in [2.45, 2.75) is 65.0 Å². The second-order valence-corrected chi connectivity index (χ2v) is 8.96. The Morgan fingerprint density at radius 3 is 2.54 bits per heavy atom. The van der Waals surface area contributed by atoms with E-state index in [4.69, 9.17) is 19.1 Å². The van der Waals surface area contributed by atoms with Gasteiger partial charge in [-0.1, -0.05) is 6.92 Å². The molecule has 4 heterocycles.